The first-order valence-electron chi connectivity index (χ1n) is 12.2. The van der Waals surface area contributed by atoms with Gasteiger partial charge in [-0.25, -0.2) is 9.78 Å². The quantitative estimate of drug-likeness (QED) is 0.131. The molecule has 0 radical (unpaired) electrons. The number of aromatic hydroxyl groups is 1. The number of benzene rings is 2. The van der Waals surface area contributed by atoms with Crippen LogP contribution in [-0.2, 0) is 4.74 Å². The number of nitrogens with one attached hydrogen (secondary N) is 1. The lowest BCUT2D eigenvalue weighted by Gasteiger charge is -2.08. The van der Waals surface area contributed by atoms with Gasteiger partial charge in [-0.05, 0) is 55.7 Å². The zero-order chi connectivity index (χ0) is 23.8. The van der Waals surface area contributed by atoms with E-state index in [1.165, 1.54) is 25.7 Å². The molecular formula is C29H32N2O3. The van der Waals surface area contributed by atoms with E-state index < -0.39 is 5.97 Å². The zero-order valence-corrected chi connectivity index (χ0v) is 19.6. The SMILES string of the molecule is C=CCCCCCCCCCOC(=O)c1cc2c([nH]c3ccccc32)c(-c2ccc(O)cc2)n1. The summed E-state index contributed by atoms with van der Waals surface area (Å²) in [6.07, 6.45) is 11.1. The molecule has 4 aromatic rings. The van der Waals surface area contributed by atoms with Crippen LogP contribution in [0.2, 0.25) is 0 Å². The van der Waals surface area contributed by atoms with Crippen molar-refractivity contribution in [2.45, 2.75) is 51.4 Å². The first kappa shape index (κ1) is 23.6. The van der Waals surface area contributed by atoms with Crippen molar-refractivity contribution in [3.63, 3.8) is 0 Å². The van der Waals surface area contributed by atoms with Gasteiger partial charge in [0, 0.05) is 21.9 Å². The monoisotopic (exact) mass is 456 g/mol. The van der Waals surface area contributed by atoms with Crippen molar-refractivity contribution >= 4 is 27.8 Å². The number of aromatic nitrogens is 2. The van der Waals surface area contributed by atoms with Crippen molar-refractivity contribution in [2.75, 3.05) is 6.61 Å². The summed E-state index contributed by atoms with van der Waals surface area (Å²) in [5, 5.41) is 11.6. The number of phenolic OH excluding ortho intramolecular Hbond substituents is 1. The van der Waals surface area contributed by atoms with E-state index in [4.69, 9.17) is 4.74 Å². The predicted octanol–water partition coefficient (Wildman–Crippen LogP) is 7.55. The number of phenols is 1. The van der Waals surface area contributed by atoms with Crippen LogP contribution in [0.15, 0.2) is 67.3 Å². The van der Waals surface area contributed by atoms with Crippen molar-refractivity contribution in [3.8, 4) is 17.0 Å². The minimum absolute atomic E-state index is 0.184. The van der Waals surface area contributed by atoms with Crippen LogP contribution in [0.4, 0.5) is 0 Å². The molecule has 0 bridgehead atoms. The summed E-state index contributed by atoms with van der Waals surface area (Å²) in [4.78, 5) is 21.0. The Balaban J connectivity index is 1.45. The fraction of sp³-hybridized carbons (Fsp3) is 0.310. The lowest BCUT2D eigenvalue weighted by molar-refractivity contribution is 0.0491. The van der Waals surface area contributed by atoms with Gasteiger partial charge in [0.05, 0.1) is 17.8 Å². The van der Waals surface area contributed by atoms with Gasteiger partial charge in [-0.15, -0.1) is 6.58 Å². The fourth-order valence-electron chi connectivity index (χ4n) is 4.29. The number of pyridine rings is 1. The zero-order valence-electron chi connectivity index (χ0n) is 19.6. The maximum atomic E-state index is 12.9. The molecule has 2 heterocycles. The first-order chi connectivity index (χ1) is 16.7. The molecule has 2 aromatic heterocycles. The number of hydrogen-bond donors (Lipinski definition) is 2. The number of carbonyl (C=O) groups excluding carboxylic acids is 1. The van der Waals surface area contributed by atoms with Crippen LogP contribution in [0.1, 0.15) is 61.9 Å². The second kappa shape index (κ2) is 11.5. The molecule has 0 saturated heterocycles. The molecule has 0 aliphatic heterocycles. The summed E-state index contributed by atoms with van der Waals surface area (Å²) >= 11 is 0. The number of unbranched alkanes of at least 4 members (excludes halogenated alkanes) is 7. The molecular weight excluding hydrogens is 424 g/mol. The first-order valence-corrected chi connectivity index (χ1v) is 12.2. The van der Waals surface area contributed by atoms with Crippen LogP contribution < -0.4 is 0 Å². The van der Waals surface area contributed by atoms with Gasteiger partial charge in [0.15, 0.2) is 0 Å². The van der Waals surface area contributed by atoms with Gasteiger partial charge in [-0.3, -0.25) is 0 Å². The highest BCUT2D eigenvalue weighted by Crippen LogP contribution is 2.33. The lowest BCUT2D eigenvalue weighted by Crippen LogP contribution is -2.09. The van der Waals surface area contributed by atoms with Crippen molar-refractivity contribution in [3.05, 3.63) is 72.9 Å². The van der Waals surface area contributed by atoms with Gasteiger partial charge >= 0.3 is 5.97 Å². The summed E-state index contributed by atoms with van der Waals surface area (Å²) in [6.45, 7) is 4.16. The van der Waals surface area contributed by atoms with E-state index in [1.807, 2.05) is 36.4 Å². The van der Waals surface area contributed by atoms with E-state index in [0.717, 1.165) is 53.1 Å². The highest BCUT2D eigenvalue weighted by molar-refractivity contribution is 6.12. The molecule has 5 heteroatoms. The number of aromatic amines is 1. The van der Waals surface area contributed by atoms with E-state index in [1.54, 1.807) is 24.3 Å². The van der Waals surface area contributed by atoms with Crippen LogP contribution >= 0.6 is 0 Å². The number of hydrogen-bond acceptors (Lipinski definition) is 4. The molecule has 0 amide bonds. The molecule has 2 aromatic carbocycles. The van der Waals surface area contributed by atoms with Crippen LogP contribution in [0.3, 0.4) is 0 Å². The molecule has 0 saturated carbocycles. The molecule has 0 aliphatic rings. The molecule has 4 rings (SSSR count). The van der Waals surface area contributed by atoms with Gasteiger partial charge in [0.1, 0.15) is 11.4 Å². The number of fused-ring (bicyclic) bond motifs is 3. The van der Waals surface area contributed by atoms with Crippen molar-refractivity contribution in [1.29, 1.82) is 0 Å². The van der Waals surface area contributed by atoms with E-state index in [-0.39, 0.29) is 5.75 Å². The number of H-pyrrole nitrogens is 1. The number of allylic oxidation sites excluding steroid dienone is 1. The Morgan fingerprint density at radius 3 is 2.41 bits per heavy atom. The second-order valence-corrected chi connectivity index (χ2v) is 8.68. The van der Waals surface area contributed by atoms with Crippen LogP contribution in [-0.4, -0.2) is 27.7 Å². The number of nitrogens with zero attached hydrogens (tertiary/aromatic N) is 1. The summed E-state index contributed by atoms with van der Waals surface area (Å²) in [5.41, 5.74) is 3.61. The summed E-state index contributed by atoms with van der Waals surface area (Å²) in [6, 6.07) is 16.6. The largest absolute Gasteiger partial charge is 0.508 e. The third-order valence-corrected chi connectivity index (χ3v) is 6.13. The van der Waals surface area contributed by atoms with Crippen molar-refractivity contribution in [2.24, 2.45) is 0 Å². The summed E-state index contributed by atoms with van der Waals surface area (Å²) in [5.74, 6) is -0.222. The standard InChI is InChI=1S/C29H32N2O3/c1-2-3-4-5-6-7-8-9-12-19-34-29(33)26-20-24-23-13-10-11-14-25(23)30-28(24)27(31-26)21-15-17-22(32)18-16-21/h2,10-11,13-18,20,30,32H,1,3-9,12,19H2. The Morgan fingerprint density at radius 1 is 0.941 bits per heavy atom. The van der Waals surface area contributed by atoms with Crippen LogP contribution in [0, 0.1) is 0 Å². The normalized spacial score (nSPS) is 11.2. The van der Waals surface area contributed by atoms with Gasteiger partial charge in [-0.2, -0.15) is 0 Å². The molecule has 0 unspecified atom stereocenters. The van der Waals surface area contributed by atoms with E-state index in [2.05, 4.69) is 16.5 Å². The van der Waals surface area contributed by atoms with E-state index in [9.17, 15) is 9.90 Å². The Kier molecular flexibility index (Phi) is 7.97. The maximum Gasteiger partial charge on any atom is 0.356 e. The second-order valence-electron chi connectivity index (χ2n) is 8.68. The Labute approximate surface area is 200 Å². The number of esters is 1. The van der Waals surface area contributed by atoms with Gasteiger partial charge in [0.25, 0.3) is 0 Å². The van der Waals surface area contributed by atoms with E-state index >= 15 is 0 Å². The molecule has 176 valence electrons. The molecule has 0 fully saturated rings. The molecule has 34 heavy (non-hydrogen) atoms. The molecule has 5 nitrogen and oxygen atoms in total. The van der Waals surface area contributed by atoms with Crippen molar-refractivity contribution in [1.82, 2.24) is 9.97 Å². The number of para-hydroxylation sites is 1. The summed E-state index contributed by atoms with van der Waals surface area (Å²) in [7, 11) is 0. The third kappa shape index (κ3) is 5.66. The smallest absolute Gasteiger partial charge is 0.356 e. The average molecular weight is 457 g/mol. The number of carbonyl (C=O) groups is 1. The number of ether oxygens (including phenoxy) is 1. The lowest BCUT2D eigenvalue weighted by atomic mass is 10.1. The van der Waals surface area contributed by atoms with Crippen molar-refractivity contribution < 1.29 is 14.6 Å². The van der Waals surface area contributed by atoms with Gasteiger partial charge in [0.2, 0.25) is 0 Å². The van der Waals surface area contributed by atoms with Crippen LogP contribution in [0.25, 0.3) is 33.1 Å². The average Bonchev–Trinajstić information content (AvgIpc) is 3.24. The highest BCUT2D eigenvalue weighted by Gasteiger charge is 2.18. The fourth-order valence-corrected chi connectivity index (χ4v) is 4.29. The molecule has 0 aliphatic carbocycles. The van der Waals surface area contributed by atoms with E-state index in [0.29, 0.717) is 18.0 Å². The molecule has 0 spiro atoms. The van der Waals surface area contributed by atoms with Gasteiger partial charge in [-0.1, -0.05) is 56.4 Å². The third-order valence-electron chi connectivity index (χ3n) is 6.13. The molecule has 0 atom stereocenters. The maximum absolute atomic E-state index is 12.9. The minimum atomic E-state index is -0.406. The minimum Gasteiger partial charge on any atom is -0.508 e. The Bertz CT molecular complexity index is 1260. The Hall–Kier alpha value is -3.60. The summed E-state index contributed by atoms with van der Waals surface area (Å²) < 4.78 is 5.57. The predicted molar refractivity (Wildman–Crippen MR) is 138 cm³/mol. The Morgan fingerprint density at radius 2 is 1.65 bits per heavy atom. The topological polar surface area (TPSA) is 75.2 Å². The molecule has 2 N–H and O–H groups in total. The van der Waals surface area contributed by atoms with Crippen LogP contribution in [0.5, 0.6) is 5.75 Å². The van der Waals surface area contributed by atoms with Gasteiger partial charge < -0.3 is 14.8 Å². The highest BCUT2D eigenvalue weighted by atomic mass is 16.5. The number of rotatable bonds is 12.